The Balaban J connectivity index is 1.57. The number of aryl methyl sites for hydroxylation is 2. The number of hydrogen-bond acceptors (Lipinski definition) is 6. The molecule has 2 N–H and O–H groups in total. The molecule has 0 unspecified atom stereocenters. The topological polar surface area (TPSA) is 97.0 Å². The van der Waals surface area contributed by atoms with E-state index in [0.29, 0.717) is 39.5 Å². The summed E-state index contributed by atoms with van der Waals surface area (Å²) in [4.78, 5) is 40.0. The average Bonchev–Trinajstić information content (AvgIpc) is 2.93. The first-order valence-electron chi connectivity index (χ1n) is 12.7. The Bertz CT molecular complexity index is 1490. The van der Waals surface area contributed by atoms with Crippen LogP contribution < -0.4 is 25.0 Å². The highest BCUT2D eigenvalue weighted by Crippen LogP contribution is 2.35. The van der Waals surface area contributed by atoms with E-state index in [-0.39, 0.29) is 23.2 Å². The van der Waals surface area contributed by atoms with E-state index in [1.165, 1.54) is 11.0 Å². The van der Waals surface area contributed by atoms with Crippen LogP contribution in [-0.4, -0.2) is 36.0 Å². The molecule has 1 saturated heterocycles. The largest absolute Gasteiger partial charge is 0.490 e. The molecule has 3 aromatic rings. The molecule has 1 aliphatic heterocycles. The van der Waals surface area contributed by atoms with Gasteiger partial charge in [-0.3, -0.25) is 24.6 Å². The minimum atomic E-state index is -0.602. The molecule has 206 valence electrons. The van der Waals surface area contributed by atoms with E-state index in [0.717, 1.165) is 17.5 Å². The fraction of sp³-hybridized carbons (Fsp3) is 0.200. The van der Waals surface area contributed by atoms with Gasteiger partial charge >= 0.3 is 0 Å². The summed E-state index contributed by atoms with van der Waals surface area (Å²) in [7, 11) is 0. The van der Waals surface area contributed by atoms with Gasteiger partial charge in [0.15, 0.2) is 23.2 Å². The molecule has 4 rings (SSSR count). The monoisotopic (exact) mass is 621 g/mol. The SMILES string of the molecule is CCOc1cc(/C=C2\C(=O)NC(=S)N(c3ccc(CC)cc3)C2=O)c(Br)cc1OCC(=O)Nc1ccc(C)cc1. The van der Waals surface area contributed by atoms with Crippen molar-refractivity contribution < 1.29 is 23.9 Å². The van der Waals surface area contributed by atoms with Gasteiger partial charge in [0, 0.05) is 10.2 Å². The number of nitrogens with one attached hydrogen (secondary N) is 2. The highest BCUT2D eigenvalue weighted by molar-refractivity contribution is 9.10. The molecule has 1 heterocycles. The van der Waals surface area contributed by atoms with Gasteiger partial charge in [0.25, 0.3) is 17.7 Å². The van der Waals surface area contributed by atoms with E-state index in [4.69, 9.17) is 21.7 Å². The van der Waals surface area contributed by atoms with Crippen LogP contribution in [0.3, 0.4) is 0 Å². The van der Waals surface area contributed by atoms with Gasteiger partial charge in [-0.25, -0.2) is 0 Å². The molecular weight excluding hydrogens is 594 g/mol. The Morgan fingerprint density at radius 2 is 1.70 bits per heavy atom. The summed E-state index contributed by atoms with van der Waals surface area (Å²) in [6.45, 7) is 5.91. The number of carbonyl (C=O) groups excluding carboxylic acids is 3. The standard InChI is InChI=1S/C30H28BrN3O5S/c1-4-19-8-12-22(13-9-19)34-29(37)23(28(36)33-30(34)40)14-20-15-25(38-5-2)26(16-24(20)31)39-17-27(35)32-21-10-6-18(3)7-11-21/h6-16H,4-5,17H2,1-3H3,(H,32,35)(H,33,36,40)/b23-14+. The summed E-state index contributed by atoms with van der Waals surface area (Å²) >= 11 is 8.80. The van der Waals surface area contributed by atoms with Crippen LogP contribution in [0.4, 0.5) is 11.4 Å². The second-order valence-corrected chi connectivity index (χ2v) is 10.2. The summed E-state index contributed by atoms with van der Waals surface area (Å²) in [6, 6.07) is 18.1. The third kappa shape index (κ3) is 6.75. The van der Waals surface area contributed by atoms with Crippen molar-refractivity contribution in [3.8, 4) is 11.5 Å². The molecule has 8 nitrogen and oxygen atoms in total. The minimum absolute atomic E-state index is 0.0122. The quantitative estimate of drug-likeness (QED) is 0.184. The van der Waals surface area contributed by atoms with Gasteiger partial charge in [0.1, 0.15) is 5.57 Å². The van der Waals surface area contributed by atoms with Crippen molar-refractivity contribution in [1.82, 2.24) is 5.32 Å². The van der Waals surface area contributed by atoms with E-state index in [1.807, 2.05) is 57.2 Å². The van der Waals surface area contributed by atoms with Crippen LogP contribution in [-0.2, 0) is 20.8 Å². The summed E-state index contributed by atoms with van der Waals surface area (Å²) in [5.74, 6) is -0.800. The van der Waals surface area contributed by atoms with Gasteiger partial charge in [-0.05, 0) is 86.1 Å². The normalized spacial score (nSPS) is 14.2. The number of carbonyl (C=O) groups is 3. The van der Waals surface area contributed by atoms with Crippen LogP contribution >= 0.6 is 28.1 Å². The first-order chi connectivity index (χ1) is 19.2. The zero-order chi connectivity index (χ0) is 28.8. The Kier molecular flexibility index (Phi) is 9.34. The van der Waals surface area contributed by atoms with Crippen LogP contribution in [0.5, 0.6) is 11.5 Å². The molecule has 1 aliphatic rings. The second kappa shape index (κ2) is 12.9. The van der Waals surface area contributed by atoms with Gasteiger partial charge in [0.05, 0.1) is 12.3 Å². The number of halogens is 1. The molecule has 10 heteroatoms. The molecule has 40 heavy (non-hydrogen) atoms. The van der Waals surface area contributed by atoms with E-state index < -0.39 is 11.8 Å². The molecule has 0 spiro atoms. The molecule has 1 fully saturated rings. The number of thiocarbonyl (C=S) groups is 1. The number of hydrogen-bond donors (Lipinski definition) is 2. The number of anilines is 2. The number of rotatable bonds is 9. The zero-order valence-corrected chi connectivity index (χ0v) is 24.6. The van der Waals surface area contributed by atoms with Crippen molar-refractivity contribution in [3.63, 3.8) is 0 Å². The van der Waals surface area contributed by atoms with Gasteiger partial charge < -0.3 is 14.8 Å². The van der Waals surface area contributed by atoms with Gasteiger partial charge in [-0.2, -0.15) is 0 Å². The summed E-state index contributed by atoms with van der Waals surface area (Å²) in [5.41, 5.74) is 3.83. The first kappa shape index (κ1) is 29.0. The number of ether oxygens (including phenoxy) is 2. The molecule has 3 aromatic carbocycles. The van der Waals surface area contributed by atoms with Crippen molar-refractivity contribution in [1.29, 1.82) is 0 Å². The zero-order valence-electron chi connectivity index (χ0n) is 22.2. The van der Waals surface area contributed by atoms with Crippen LogP contribution in [0.1, 0.15) is 30.5 Å². The van der Waals surface area contributed by atoms with Crippen molar-refractivity contribution in [2.45, 2.75) is 27.2 Å². The third-order valence-corrected chi connectivity index (χ3v) is 7.03. The minimum Gasteiger partial charge on any atom is -0.490 e. The van der Waals surface area contributed by atoms with E-state index in [1.54, 1.807) is 24.3 Å². The van der Waals surface area contributed by atoms with Gasteiger partial charge in [0.2, 0.25) is 0 Å². The van der Waals surface area contributed by atoms with Crippen LogP contribution in [0.2, 0.25) is 0 Å². The maximum Gasteiger partial charge on any atom is 0.270 e. The smallest absolute Gasteiger partial charge is 0.270 e. The predicted octanol–water partition coefficient (Wildman–Crippen LogP) is 5.57. The number of amides is 3. The van der Waals surface area contributed by atoms with Crippen LogP contribution in [0.15, 0.2) is 70.7 Å². The van der Waals surface area contributed by atoms with Crippen molar-refractivity contribution in [3.05, 3.63) is 87.4 Å². The molecule has 0 atom stereocenters. The maximum atomic E-state index is 13.4. The molecule has 0 bridgehead atoms. The van der Waals surface area contributed by atoms with E-state index in [2.05, 4.69) is 26.6 Å². The fourth-order valence-corrected chi connectivity index (χ4v) is 4.67. The Labute approximate surface area is 246 Å². The highest BCUT2D eigenvalue weighted by atomic mass is 79.9. The first-order valence-corrected chi connectivity index (χ1v) is 13.9. The van der Waals surface area contributed by atoms with Crippen molar-refractivity contribution in [2.75, 3.05) is 23.4 Å². The molecule has 0 aromatic heterocycles. The Morgan fingerprint density at radius 1 is 1.02 bits per heavy atom. The molecule has 3 amide bonds. The Morgan fingerprint density at radius 3 is 2.35 bits per heavy atom. The summed E-state index contributed by atoms with van der Waals surface area (Å²) < 4.78 is 12.0. The van der Waals surface area contributed by atoms with Crippen LogP contribution in [0.25, 0.3) is 6.08 Å². The third-order valence-electron chi connectivity index (χ3n) is 6.06. The highest BCUT2D eigenvalue weighted by Gasteiger charge is 2.34. The van der Waals surface area contributed by atoms with Gasteiger partial charge in [-0.1, -0.05) is 52.7 Å². The van der Waals surface area contributed by atoms with Gasteiger partial charge in [-0.15, -0.1) is 0 Å². The van der Waals surface area contributed by atoms with Crippen molar-refractivity contribution >= 4 is 68.4 Å². The summed E-state index contributed by atoms with van der Waals surface area (Å²) in [5, 5.41) is 5.39. The number of nitrogens with zero attached hydrogens (tertiary/aromatic N) is 1. The Hall–Kier alpha value is -4.02. The van der Waals surface area contributed by atoms with Crippen LogP contribution in [0, 0.1) is 6.92 Å². The molecular formula is C30H28BrN3O5S. The average molecular weight is 623 g/mol. The lowest BCUT2D eigenvalue weighted by Crippen LogP contribution is -2.54. The lowest BCUT2D eigenvalue weighted by molar-refractivity contribution is -0.122. The molecule has 0 saturated carbocycles. The lowest BCUT2D eigenvalue weighted by atomic mass is 10.1. The molecule has 0 aliphatic carbocycles. The van der Waals surface area contributed by atoms with E-state index in [9.17, 15) is 14.4 Å². The fourth-order valence-electron chi connectivity index (χ4n) is 3.95. The number of benzene rings is 3. The molecule has 0 radical (unpaired) electrons. The van der Waals surface area contributed by atoms with Crippen molar-refractivity contribution in [2.24, 2.45) is 0 Å². The van der Waals surface area contributed by atoms with E-state index >= 15 is 0 Å². The second-order valence-electron chi connectivity index (χ2n) is 8.93. The predicted molar refractivity (Wildman–Crippen MR) is 163 cm³/mol. The summed E-state index contributed by atoms with van der Waals surface area (Å²) in [6.07, 6.45) is 2.32. The lowest BCUT2D eigenvalue weighted by Gasteiger charge is -2.29. The maximum absolute atomic E-state index is 13.4.